The maximum atomic E-state index is 12.3. The second-order valence-corrected chi connectivity index (χ2v) is 6.74. The lowest BCUT2D eigenvalue weighted by molar-refractivity contribution is -0.116. The average Bonchev–Trinajstić information content (AvgIpc) is 3.44. The van der Waals surface area contributed by atoms with Crippen LogP contribution in [0.1, 0.15) is 23.4 Å². The lowest BCUT2D eigenvalue weighted by Gasteiger charge is -2.07. The molecule has 0 unspecified atom stereocenters. The molecule has 0 saturated carbocycles. The molecule has 2 aromatic carbocycles. The predicted molar refractivity (Wildman–Crippen MR) is 104 cm³/mol. The fourth-order valence-corrected chi connectivity index (χ4v) is 3.53. The van der Waals surface area contributed by atoms with E-state index < -0.39 is 0 Å². The van der Waals surface area contributed by atoms with Crippen molar-refractivity contribution in [2.75, 3.05) is 5.32 Å². The molecule has 1 amide bonds. The minimum absolute atomic E-state index is 0.0896. The predicted octanol–water partition coefficient (Wildman–Crippen LogP) is 4.47. The number of carbonyl (C=O) groups excluding carboxylic acids is 1. The van der Waals surface area contributed by atoms with Gasteiger partial charge in [0.25, 0.3) is 0 Å². The van der Waals surface area contributed by atoms with Crippen LogP contribution in [0.3, 0.4) is 0 Å². The third kappa shape index (κ3) is 3.09. The SMILES string of the molecule is O=C(CCc1nc(-c2ccco2)no1)Nc1ccc2c(c1)Cc1ccccc1-2. The highest BCUT2D eigenvalue weighted by Gasteiger charge is 2.18. The first-order valence-corrected chi connectivity index (χ1v) is 9.14. The molecule has 0 saturated heterocycles. The first-order valence-electron chi connectivity index (χ1n) is 9.14. The second kappa shape index (κ2) is 6.81. The third-order valence-corrected chi connectivity index (χ3v) is 4.85. The van der Waals surface area contributed by atoms with E-state index in [9.17, 15) is 4.79 Å². The minimum Gasteiger partial charge on any atom is -0.461 e. The van der Waals surface area contributed by atoms with E-state index in [4.69, 9.17) is 8.94 Å². The summed E-state index contributed by atoms with van der Waals surface area (Å²) in [5, 5.41) is 6.82. The van der Waals surface area contributed by atoms with E-state index in [-0.39, 0.29) is 12.3 Å². The zero-order valence-corrected chi connectivity index (χ0v) is 15.0. The Kier molecular flexibility index (Phi) is 4.01. The molecule has 1 aliphatic rings. The van der Waals surface area contributed by atoms with Gasteiger partial charge in [-0.2, -0.15) is 4.98 Å². The summed E-state index contributed by atoms with van der Waals surface area (Å²) >= 11 is 0. The second-order valence-electron chi connectivity index (χ2n) is 6.74. The van der Waals surface area contributed by atoms with Crippen molar-refractivity contribution in [3.63, 3.8) is 0 Å². The van der Waals surface area contributed by atoms with Crippen molar-refractivity contribution in [3.05, 3.63) is 77.9 Å². The van der Waals surface area contributed by atoms with Crippen LogP contribution in [-0.2, 0) is 17.6 Å². The van der Waals surface area contributed by atoms with Crippen LogP contribution in [0.4, 0.5) is 5.69 Å². The van der Waals surface area contributed by atoms with E-state index in [2.05, 4.69) is 51.9 Å². The van der Waals surface area contributed by atoms with Gasteiger partial charge in [0.15, 0.2) is 5.76 Å². The van der Waals surface area contributed by atoms with Crippen molar-refractivity contribution >= 4 is 11.6 Å². The highest BCUT2D eigenvalue weighted by molar-refractivity contribution is 5.91. The molecule has 0 fully saturated rings. The van der Waals surface area contributed by atoms with Gasteiger partial charge in [0.2, 0.25) is 17.6 Å². The normalized spacial score (nSPS) is 11.9. The molecule has 2 heterocycles. The van der Waals surface area contributed by atoms with E-state index in [0.717, 1.165) is 12.1 Å². The van der Waals surface area contributed by atoms with E-state index in [1.165, 1.54) is 22.3 Å². The number of hydrogen-bond donors (Lipinski definition) is 1. The summed E-state index contributed by atoms with van der Waals surface area (Å²) in [6.07, 6.45) is 3.08. The van der Waals surface area contributed by atoms with Crippen LogP contribution in [0.15, 0.2) is 69.8 Å². The van der Waals surface area contributed by atoms with Crippen molar-refractivity contribution in [3.8, 4) is 22.7 Å². The molecule has 6 nitrogen and oxygen atoms in total. The van der Waals surface area contributed by atoms with Crippen LogP contribution in [-0.4, -0.2) is 16.0 Å². The molecule has 138 valence electrons. The van der Waals surface area contributed by atoms with Crippen molar-refractivity contribution < 1.29 is 13.7 Å². The molecule has 0 aliphatic heterocycles. The van der Waals surface area contributed by atoms with Crippen LogP contribution < -0.4 is 5.32 Å². The molecule has 1 N–H and O–H groups in total. The largest absolute Gasteiger partial charge is 0.461 e. The Hall–Kier alpha value is -3.67. The Bertz CT molecular complexity index is 1150. The van der Waals surface area contributed by atoms with Crippen molar-refractivity contribution in [2.45, 2.75) is 19.3 Å². The van der Waals surface area contributed by atoms with E-state index in [1.807, 2.05) is 6.07 Å². The number of nitrogens with one attached hydrogen (secondary N) is 1. The number of amides is 1. The Morgan fingerprint density at radius 1 is 1.04 bits per heavy atom. The van der Waals surface area contributed by atoms with Crippen molar-refractivity contribution in [1.82, 2.24) is 10.1 Å². The van der Waals surface area contributed by atoms with Gasteiger partial charge in [-0.15, -0.1) is 0 Å². The summed E-state index contributed by atoms with van der Waals surface area (Å²) in [5.41, 5.74) is 5.88. The zero-order chi connectivity index (χ0) is 18.9. The lowest BCUT2D eigenvalue weighted by Crippen LogP contribution is -2.12. The summed E-state index contributed by atoms with van der Waals surface area (Å²) in [5.74, 6) is 1.25. The number of benzene rings is 2. The Morgan fingerprint density at radius 2 is 1.93 bits per heavy atom. The highest BCUT2D eigenvalue weighted by Crippen LogP contribution is 2.37. The van der Waals surface area contributed by atoms with E-state index >= 15 is 0 Å². The number of nitrogens with zero attached hydrogens (tertiary/aromatic N) is 2. The smallest absolute Gasteiger partial charge is 0.238 e. The van der Waals surface area contributed by atoms with Gasteiger partial charge in [-0.1, -0.05) is 35.5 Å². The Morgan fingerprint density at radius 3 is 2.82 bits per heavy atom. The first kappa shape index (κ1) is 16.5. The number of hydrogen-bond acceptors (Lipinski definition) is 5. The van der Waals surface area contributed by atoms with Gasteiger partial charge in [-0.25, -0.2) is 0 Å². The summed E-state index contributed by atoms with van der Waals surface area (Å²) in [6.45, 7) is 0. The van der Waals surface area contributed by atoms with Crippen molar-refractivity contribution in [1.29, 1.82) is 0 Å². The fourth-order valence-electron chi connectivity index (χ4n) is 3.53. The van der Waals surface area contributed by atoms with Crippen LogP contribution in [0.5, 0.6) is 0 Å². The molecule has 0 atom stereocenters. The van der Waals surface area contributed by atoms with Gasteiger partial charge in [0.05, 0.1) is 6.26 Å². The molecule has 0 radical (unpaired) electrons. The average molecular weight is 371 g/mol. The van der Waals surface area contributed by atoms with Gasteiger partial charge in [-0.05, 0) is 52.9 Å². The van der Waals surface area contributed by atoms with Crippen molar-refractivity contribution in [2.24, 2.45) is 0 Å². The van der Waals surface area contributed by atoms with Crippen LogP contribution in [0.2, 0.25) is 0 Å². The topological polar surface area (TPSA) is 81.2 Å². The fraction of sp³-hybridized carbons (Fsp3) is 0.136. The molecule has 0 spiro atoms. The van der Waals surface area contributed by atoms with Crippen LogP contribution in [0.25, 0.3) is 22.7 Å². The summed E-state index contributed by atoms with van der Waals surface area (Å²) in [4.78, 5) is 16.6. The molecule has 0 bridgehead atoms. The number of furan rings is 1. The van der Waals surface area contributed by atoms with Gasteiger partial charge < -0.3 is 14.3 Å². The number of rotatable bonds is 5. The molecule has 28 heavy (non-hydrogen) atoms. The van der Waals surface area contributed by atoms with Gasteiger partial charge in [-0.3, -0.25) is 4.79 Å². The van der Waals surface area contributed by atoms with Crippen LogP contribution in [0, 0.1) is 0 Å². The molecule has 4 aromatic rings. The van der Waals surface area contributed by atoms with Gasteiger partial charge in [0, 0.05) is 18.5 Å². The molecule has 6 heteroatoms. The number of carbonyl (C=O) groups is 1. The molecular weight excluding hydrogens is 354 g/mol. The summed E-state index contributed by atoms with van der Waals surface area (Å²) < 4.78 is 10.4. The highest BCUT2D eigenvalue weighted by atomic mass is 16.5. The van der Waals surface area contributed by atoms with E-state index in [0.29, 0.717) is 23.9 Å². The quantitative estimate of drug-likeness (QED) is 0.493. The van der Waals surface area contributed by atoms with Gasteiger partial charge in [0.1, 0.15) is 0 Å². The monoisotopic (exact) mass is 371 g/mol. The minimum atomic E-state index is -0.0896. The number of anilines is 1. The molecule has 2 aromatic heterocycles. The Labute approximate surface area is 161 Å². The molecular formula is C22H17N3O3. The summed E-state index contributed by atoms with van der Waals surface area (Å²) in [7, 11) is 0. The standard InChI is InChI=1S/C22H17N3O3/c26-20(9-10-21-24-22(25-28-21)19-6-3-11-27-19)23-16-7-8-18-15(13-16)12-14-4-1-2-5-17(14)18/h1-8,11,13H,9-10,12H2,(H,23,26). The number of aromatic nitrogens is 2. The van der Waals surface area contributed by atoms with E-state index in [1.54, 1.807) is 18.4 Å². The lowest BCUT2D eigenvalue weighted by atomic mass is 10.1. The maximum Gasteiger partial charge on any atom is 0.238 e. The van der Waals surface area contributed by atoms with Crippen LogP contribution >= 0.6 is 0 Å². The zero-order valence-electron chi connectivity index (χ0n) is 15.0. The number of aryl methyl sites for hydroxylation is 1. The first-order chi connectivity index (χ1) is 13.8. The molecule has 1 aliphatic carbocycles. The maximum absolute atomic E-state index is 12.3. The Balaban J connectivity index is 1.22. The number of fused-ring (bicyclic) bond motifs is 3. The summed E-state index contributed by atoms with van der Waals surface area (Å²) in [6, 6.07) is 18.0. The third-order valence-electron chi connectivity index (χ3n) is 4.85. The van der Waals surface area contributed by atoms with Gasteiger partial charge >= 0.3 is 0 Å². The molecule has 5 rings (SSSR count).